The van der Waals surface area contributed by atoms with Crippen LogP contribution in [0.2, 0.25) is 0 Å². The largest absolute Gasteiger partial charge is 0.481 e. The van der Waals surface area contributed by atoms with Gasteiger partial charge in [0.05, 0.1) is 7.11 Å². The van der Waals surface area contributed by atoms with Gasteiger partial charge in [0.2, 0.25) is 5.88 Å². The Hall–Kier alpha value is -0.990. The van der Waals surface area contributed by atoms with Gasteiger partial charge in [-0.1, -0.05) is 0 Å². The Labute approximate surface area is 54.2 Å². The highest BCUT2D eigenvalue weighted by Crippen LogP contribution is 2.12. The maximum absolute atomic E-state index is 4.98. The quantitative estimate of drug-likeness (QED) is 0.547. The van der Waals surface area contributed by atoms with Crippen molar-refractivity contribution >= 4 is 0 Å². The molecule has 0 aliphatic heterocycles. The van der Waals surface area contributed by atoms with E-state index in [1.807, 2.05) is 14.0 Å². The number of rotatable bonds is 1. The van der Waals surface area contributed by atoms with Gasteiger partial charge in [-0.2, -0.15) is 5.10 Å². The second kappa shape index (κ2) is 2.09. The van der Waals surface area contributed by atoms with E-state index in [1.54, 1.807) is 11.8 Å². The zero-order valence-corrected chi connectivity index (χ0v) is 5.80. The zero-order valence-electron chi connectivity index (χ0n) is 5.80. The van der Waals surface area contributed by atoms with Gasteiger partial charge >= 0.3 is 0 Å². The van der Waals surface area contributed by atoms with Gasteiger partial charge < -0.3 is 4.74 Å². The van der Waals surface area contributed by atoms with Crippen LogP contribution in [0.5, 0.6) is 5.88 Å². The van der Waals surface area contributed by atoms with Crippen molar-refractivity contribution in [2.24, 2.45) is 7.05 Å². The van der Waals surface area contributed by atoms with E-state index in [2.05, 4.69) is 11.3 Å². The summed E-state index contributed by atoms with van der Waals surface area (Å²) in [5.74, 6) is 0.773. The maximum Gasteiger partial charge on any atom is 0.214 e. The Morgan fingerprint density at radius 1 is 1.67 bits per heavy atom. The smallest absolute Gasteiger partial charge is 0.214 e. The van der Waals surface area contributed by atoms with Crippen molar-refractivity contribution in [1.29, 1.82) is 0 Å². The topological polar surface area (TPSA) is 27.1 Å². The lowest BCUT2D eigenvalue weighted by atomic mass is 10.4. The molecule has 1 rings (SSSR count). The predicted octanol–water partition coefficient (Wildman–Crippen LogP) is 0.537. The molecule has 0 unspecified atom stereocenters. The minimum absolute atomic E-state index is 0.773. The molecular formula is C6H9N2O. The Balaban J connectivity index is 3.07. The van der Waals surface area contributed by atoms with Gasteiger partial charge in [0.1, 0.15) is 6.20 Å². The van der Waals surface area contributed by atoms with Crippen LogP contribution >= 0.6 is 0 Å². The molecule has 0 fully saturated rings. The van der Waals surface area contributed by atoms with Crippen molar-refractivity contribution in [2.75, 3.05) is 7.11 Å². The van der Waals surface area contributed by atoms with Gasteiger partial charge in [0, 0.05) is 12.6 Å². The third-order valence-corrected chi connectivity index (χ3v) is 1.18. The second-order valence-electron chi connectivity index (χ2n) is 1.87. The van der Waals surface area contributed by atoms with Crippen LogP contribution in [0.3, 0.4) is 0 Å². The molecule has 1 heterocycles. The molecule has 0 aromatic carbocycles. The zero-order chi connectivity index (χ0) is 6.85. The first-order valence-electron chi connectivity index (χ1n) is 2.71. The summed E-state index contributed by atoms with van der Waals surface area (Å²) in [5.41, 5.74) is 0.944. The summed E-state index contributed by atoms with van der Waals surface area (Å²) in [7, 11) is 3.44. The molecule has 0 aliphatic carbocycles. The molecule has 49 valence electrons. The van der Waals surface area contributed by atoms with Gasteiger partial charge in [-0.25, -0.2) is 4.68 Å². The van der Waals surface area contributed by atoms with Crippen molar-refractivity contribution in [2.45, 2.75) is 6.92 Å². The highest BCUT2D eigenvalue weighted by Gasteiger charge is 2.01. The molecule has 1 aromatic rings. The van der Waals surface area contributed by atoms with E-state index in [4.69, 9.17) is 4.74 Å². The lowest BCUT2D eigenvalue weighted by Gasteiger charge is -1.98. The number of aryl methyl sites for hydroxylation is 2. The summed E-state index contributed by atoms with van der Waals surface area (Å²) in [5, 5.41) is 3.85. The van der Waals surface area contributed by atoms with Gasteiger partial charge in [0.25, 0.3) is 0 Å². The number of aromatic nitrogens is 2. The molecule has 0 N–H and O–H groups in total. The molecule has 0 spiro atoms. The highest BCUT2D eigenvalue weighted by molar-refractivity contribution is 5.20. The number of nitrogens with zero attached hydrogens (tertiary/aromatic N) is 2. The fourth-order valence-electron chi connectivity index (χ4n) is 0.771. The summed E-state index contributed by atoms with van der Waals surface area (Å²) in [6, 6.07) is 0. The van der Waals surface area contributed by atoms with Crippen LogP contribution in [-0.4, -0.2) is 16.9 Å². The van der Waals surface area contributed by atoms with E-state index >= 15 is 0 Å². The van der Waals surface area contributed by atoms with Crippen molar-refractivity contribution in [3.8, 4) is 5.88 Å². The summed E-state index contributed by atoms with van der Waals surface area (Å²) < 4.78 is 6.63. The van der Waals surface area contributed by atoms with E-state index < -0.39 is 0 Å². The third kappa shape index (κ3) is 0.896. The normalized spacial score (nSPS) is 9.67. The number of methoxy groups -OCH3 is 1. The summed E-state index contributed by atoms with van der Waals surface area (Å²) in [6.07, 6.45) is 2.78. The number of ether oxygens (including phenoxy) is 1. The van der Waals surface area contributed by atoms with Gasteiger partial charge in [-0.05, 0) is 6.92 Å². The van der Waals surface area contributed by atoms with Crippen LogP contribution in [0.25, 0.3) is 0 Å². The standard InChI is InChI=1S/C6H9N2O/c1-5-4-7-8(2)6(5)9-3/h1-3H3. The molecule has 0 saturated heterocycles. The van der Waals surface area contributed by atoms with Gasteiger partial charge in [-0.3, -0.25) is 0 Å². The molecule has 0 bridgehead atoms. The molecular weight excluding hydrogens is 116 g/mol. The first-order valence-corrected chi connectivity index (χ1v) is 2.71. The molecule has 0 aliphatic rings. The Morgan fingerprint density at radius 3 is 2.56 bits per heavy atom. The molecule has 1 radical (unpaired) electrons. The first kappa shape index (κ1) is 6.13. The average molecular weight is 125 g/mol. The van der Waals surface area contributed by atoms with Crippen molar-refractivity contribution in [3.05, 3.63) is 11.8 Å². The Bertz CT molecular complexity index is 185. The SMILES string of the molecule is COc1c(C)[c]nn1C. The molecule has 0 saturated carbocycles. The van der Waals surface area contributed by atoms with Gasteiger partial charge in [0.15, 0.2) is 0 Å². The first-order chi connectivity index (χ1) is 4.25. The monoisotopic (exact) mass is 125 g/mol. The molecule has 0 atom stereocenters. The Kier molecular flexibility index (Phi) is 1.42. The Morgan fingerprint density at radius 2 is 2.33 bits per heavy atom. The fraction of sp³-hybridized carbons (Fsp3) is 0.500. The van der Waals surface area contributed by atoms with Crippen molar-refractivity contribution in [1.82, 2.24) is 9.78 Å². The minimum atomic E-state index is 0.773. The second-order valence-corrected chi connectivity index (χ2v) is 1.87. The lowest BCUT2D eigenvalue weighted by Crippen LogP contribution is -1.95. The molecule has 1 aromatic heterocycles. The van der Waals surface area contributed by atoms with Crippen molar-refractivity contribution in [3.63, 3.8) is 0 Å². The van der Waals surface area contributed by atoms with E-state index in [1.165, 1.54) is 0 Å². The van der Waals surface area contributed by atoms with Crippen LogP contribution in [0.15, 0.2) is 0 Å². The number of hydrogen-bond acceptors (Lipinski definition) is 2. The van der Waals surface area contributed by atoms with Crippen molar-refractivity contribution < 1.29 is 4.74 Å². The lowest BCUT2D eigenvalue weighted by molar-refractivity contribution is 0.371. The summed E-state index contributed by atoms with van der Waals surface area (Å²) in [4.78, 5) is 0. The van der Waals surface area contributed by atoms with E-state index in [0.29, 0.717) is 0 Å². The van der Waals surface area contributed by atoms with Crippen LogP contribution in [-0.2, 0) is 7.05 Å². The molecule has 0 amide bonds. The van der Waals surface area contributed by atoms with Crippen LogP contribution in [0.1, 0.15) is 5.56 Å². The minimum Gasteiger partial charge on any atom is -0.481 e. The average Bonchev–Trinajstić information content (AvgIpc) is 2.12. The maximum atomic E-state index is 4.98. The third-order valence-electron chi connectivity index (χ3n) is 1.18. The van der Waals surface area contributed by atoms with E-state index in [0.717, 1.165) is 11.4 Å². The van der Waals surface area contributed by atoms with Crippen LogP contribution in [0, 0.1) is 13.1 Å². The van der Waals surface area contributed by atoms with E-state index in [-0.39, 0.29) is 0 Å². The molecule has 3 heteroatoms. The van der Waals surface area contributed by atoms with Gasteiger partial charge in [-0.15, -0.1) is 0 Å². The summed E-state index contributed by atoms with van der Waals surface area (Å²) in [6.45, 7) is 1.91. The van der Waals surface area contributed by atoms with Crippen LogP contribution in [0.4, 0.5) is 0 Å². The highest BCUT2D eigenvalue weighted by atomic mass is 16.5. The fourth-order valence-corrected chi connectivity index (χ4v) is 0.771. The number of hydrogen-bond donors (Lipinski definition) is 0. The van der Waals surface area contributed by atoms with Crippen LogP contribution < -0.4 is 4.74 Å². The summed E-state index contributed by atoms with van der Waals surface area (Å²) >= 11 is 0. The molecule has 3 nitrogen and oxygen atoms in total. The molecule has 9 heavy (non-hydrogen) atoms. The van der Waals surface area contributed by atoms with E-state index in [9.17, 15) is 0 Å². The predicted molar refractivity (Wildman–Crippen MR) is 33.3 cm³/mol.